The van der Waals surface area contributed by atoms with Crippen molar-refractivity contribution in [2.45, 2.75) is 5.25 Å². The highest BCUT2D eigenvalue weighted by Gasteiger charge is 2.16. The molecule has 1 unspecified atom stereocenters. The van der Waals surface area contributed by atoms with E-state index in [1.54, 1.807) is 0 Å². The lowest BCUT2D eigenvalue weighted by Crippen LogP contribution is -2.33. The maximum Gasteiger partial charge on any atom is 0.271 e. The fourth-order valence-corrected chi connectivity index (χ4v) is 4.16. The van der Waals surface area contributed by atoms with E-state index < -0.39 is 0 Å². The number of halogens is 1. The van der Waals surface area contributed by atoms with Crippen molar-refractivity contribution >= 4 is 41.0 Å². The third kappa shape index (κ3) is 4.04. The molecule has 1 N–H and O–H groups in total. The molecule has 1 aliphatic heterocycles. The van der Waals surface area contributed by atoms with Crippen LogP contribution in [0.25, 0.3) is 0 Å². The molecule has 2 rings (SSSR count). The minimum atomic E-state index is -0.212. The average molecular weight is 290 g/mol. The number of nitrogens with one attached hydrogen (secondary N) is 1. The van der Waals surface area contributed by atoms with E-state index in [1.165, 1.54) is 18.1 Å². The Balaban J connectivity index is 1.84. The van der Waals surface area contributed by atoms with Gasteiger partial charge in [0, 0.05) is 29.1 Å². The molecule has 92 valence electrons. The summed E-state index contributed by atoms with van der Waals surface area (Å²) in [5, 5.41) is 3.59. The Labute approximate surface area is 113 Å². The Bertz CT molecular complexity index is 399. The standard InChI is InChI=1S/C10H12ClN3OS2/c11-9-5-12-4-8(14-9)10(15)13-3-7-6-16-1-2-17-7/h4-5,7H,1-3,6H2,(H,13,15). The summed E-state index contributed by atoms with van der Waals surface area (Å²) in [4.78, 5) is 19.5. The number of carbonyl (C=O) groups excluding carboxylic acids is 1. The maximum atomic E-state index is 11.8. The molecule has 0 saturated carbocycles. The van der Waals surface area contributed by atoms with Gasteiger partial charge in [0.05, 0.1) is 12.4 Å². The summed E-state index contributed by atoms with van der Waals surface area (Å²) in [5.41, 5.74) is 0.269. The zero-order valence-corrected chi connectivity index (χ0v) is 11.4. The second-order valence-electron chi connectivity index (χ2n) is 3.50. The third-order valence-electron chi connectivity index (χ3n) is 2.21. The third-order valence-corrected chi connectivity index (χ3v) is 5.24. The first-order valence-corrected chi connectivity index (χ1v) is 7.79. The average Bonchev–Trinajstić information content (AvgIpc) is 2.37. The molecule has 1 aromatic rings. The summed E-state index contributed by atoms with van der Waals surface area (Å²) >= 11 is 9.51. The molecule has 1 aromatic heterocycles. The van der Waals surface area contributed by atoms with Crippen molar-refractivity contribution in [3.8, 4) is 0 Å². The van der Waals surface area contributed by atoms with Crippen LogP contribution in [0.2, 0.25) is 5.15 Å². The summed E-state index contributed by atoms with van der Waals surface area (Å²) in [6.45, 7) is 0.671. The first-order valence-electron chi connectivity index (χ1n) is 5.21. The van der Waals surface area contributed by atoms with Crippen LogP contribution >= 0.6 is 35.1 Å². The number of rotatable bonds is 3. The van der Waals surface area contributed by atoms with Crippen molar-refractivity contribution in [2.24, 2.45) is 0 Å². The van der Waals surface area contributed by atoms with Gasteiger partial charge < -0.3 is 5.32 Å². The lowest BCUT2D eigenvalue weighted by Gasteiger charge is -2.20. The minimum absolute atomic E-state index is 0.212. The lowest BCUT2D eigenvalue weighted by molar-refractivity contribution is 0.0949. The maximum absolute atomic E-state index is 11.8. The van der Waals surface area contributed by atoms with Gasteiger partial charge in [-0.25, -0.2) is 4.98 Å². The Kier molecular flexibility index (Phi) is 4.94. The second-order valence-corrected chi connectivity index (χ2v) is 6.45. The molecule has 0 radical (unpaired) electrons. The molecule has 0 aliphatic carbocycles. The van der Waals surface area contributed by atoms with Gasteiger partial charge in [-0.2, -0.15) is 23.5 Å². The zero-order valence-electron chi connectivity index (χ0n) is 9.06. The van der Waals surface area contributed by atoms with Crippen LogP contribution < -0.4 is 5.32 Å². The first kappa shape index (κ1) is 13.0. The molecular formula is C10H12ClN3OS2. The molecule has 0 bridgehead atoms. The molecule has 1 atom stereocenters. The van der Waals surface area contributed by atoms with Gasteiger partial charge in [0.25, 0.3) is 5.91 Å². The second kappa shape index (κ2) is 6.47. The van der Waals surface area contributed by atoms with Crippen molar-refractivity contribution in [3.05, 3.63) is 23.2 Å². The first-order chi connectivity index (χ1) is 8.25. The van der Waals surface area contributed by atoms with Crippen molar-refractivity contribution in [2.75, 3.05) is 23.8 Å². The number of nitrogens with zero attached hydrogens (tertiary/aromatic N) is 2. The molecule has 2 heterocycles. The van der Waals surface area contributed by atoms with Crippen molar-refractivity contribution in [3.63, 3.8) is 0 Å². The summed E-state index contributed by atoms with van der Waals surface area (Å²) < 4.78 is 0. The van der Waals surface area contributed by atoms with E-state index in [1.807, 2.05) is 23.5 Å². The van der Waals surface area contributed by atoms with Crippen molar-refractivity contribution in [1.29, 1.82) is 0 Å². The van der Waals surface area contributed by atoms with E-state index in [2.05, 4.69) is 15.3 Å². The van der Waals surface area contributed by atoms with Gasteiger partial charge in [0.2, 0.25) is 0 Å². The quantitative estimate of drug-likeness (QED) is 0.918. The van der Waals surface area contributed by atoms with Gasteiger partial charge in [-0.1, -0.05) is 11.6 Å². The molecule has 1 amide bonds. The van der Waals surface area contributed by atoms with E-state index in [-0.39, 0.29) is 16.8 Å². The highest BCUT2D eigenvalue weighted by molar-refractivity contribution is 8.06. The lowest BCUT2D eigenvalue weighted by atomic mass is 10.4. The van der Waals surface area contributed by atoms with E-state index in [0.29, 0.717) is 11.8 Å². The Morgan fingerprint density at radius 1 is 1.53 bits per heavy atom. The fraction of sp³-hybridized carbons (Fsp3) is 0.500. The normalized spacial score (nSPS) is 19.9. The summed E-state index contributed by atoms with van der Waals surface area (Å²) in [5.74, 6) is 3.24. The molecule has 7 heteroatoms. The molecule has 4 nitrogen and oxygen atoms in total. The molecule has 1 aliphatic rings. The monoisotopic (exact) mass is 289 g/mol. The molecule has 17 heavy (non-hydrogen) atoms. The smallest absolute Gasteiger partial charge is 0.271 e. The van der Waals surface area contributed by atoms with Crippen molar-refractivity contribution < 1.29 is 4.79 Å². The minimum Gasteiger partial charge on any atom is -0.350 e. The highest BCUT2D eigenvalue weighted by Crippen LogP contribution is 2.23. The van der Waals surface area contributed by atoms with E-state index >= 15 is 0 Å². The Hall–Kier alpha value is -0.460. The van der Waals surface area contributed by atoms with Gasteiger partial charge in [0.15, 0.2) is 0 Å². The topological polar surface area (TPSA) is 54.9 Å². The van der Waals surface area contributed by atoms with Crippen LogP contribution in [0, 0.1) is 0 Å². The number of aromatic nitrogens is 2. The van der Waals surface area contributed by atoms with Crippen LogP contribution in [-0.2, 0) is 0 Å². The Morgan fingerprint density at radius 2 is 2.41 bits per heavy atom. The SMILES string of the molecule is O=C(NCC1CSCCS1)c1cncc(Cl)n1. The summed E-state index contributed by atoms with van der Waals surface area (Å²) in [6.07, 6.45) is 2.83. The molecule has 0 spiro atoms. The summed E-state index contributed by atoms with van der Waals surface area (Å²) in [7, 11) is 0. The number of hydrogen-bond donors (Lipinski definition) is 1. The van der Waals surface area contributed by atoms with Crippen LogP contribution in [-0.4, -0.2) is 44.9 Å². The zero-order chi connectivity index (χ0) is 12.1. The molecule has 0 aromatic carbocycles. The summed E-state index contributed by atoms with van der Waals surface area (Å²) in [6, 6.07) is 0. The number of carbonyl (C=O) groups is 1. The fourth-order valence-electron chi connectivity index (χ4n) is 1.40. The number of amides is 1. The number of hydrogen-bond acceptors (Lipinski definition) is 5. The number of thioether (sulfide) groups is 2. The van der Waals surface area contributed by atoms with E-state index in [0.717, 1.165) is 11.5 Å². The van der Waals surface area contributed by atoms with Gasteiger partial charge in [-0.15, -0.1) is 0 Å². The van der Waals surface area contributed by atoms with Crippen LogP contribution in [0.3, 0.4) is 0 Å². The largest absolute Gasteiger partial charge is 0.350 e. The van der Waals surface area contributed by atoms with E-state index in [4.69, 9.17) is 11.6 Å². The van der Waals surface area contributed by atoms with Gasteiger partial charge in [0.1, 0.15) is 10.8 Å². The molecule has 1 saturated heterocycles. The highest BCUT2D eigenvalue weighted by atomic mass is 35.5. The predicted molar refractivity (Wildman–Crippen MR) is 72.9 cm³/mol. The molecular weight excluding hydrogens is 278 g/mol. The van der Waals surface area contributed by atoms with E-state index in [9.17, 15) is 4.79 Å². The van der Waals surface area contributed by atoms with Crippen LogP contribution in [0.1, 0.15) is 10.5 Å². The van der Waals surface area contributed by atoms with Crippen LogP contribution in [0.4, 0.5) is 0 Å². The van der Waals surface area contributed by atoms with Crippen LogP contribution in [0.5, 0.6) is 0 Å². The van der Waals surface area contributed by atoms with Gasteiger partial charge >= 0.3 is 0 Å². The Morgan fingerprint density at radius 3 is 3.12 bits per heavy atom. The predicted octanol–water partition coefficient (Wildman–Crippen LogP) is 1.71. The molecule has 1 fully saturated rings. The van der Waals surface area contributed by atoms with Gasteiger partial charge in [-0.05, 0) is 0 Å². The van der Waals surface area contributed by atoms with Crippen LogP contribution in [0.15, 0.2) is 12.4 Å². The van der Waals surface area contributed by atoms with Crippen molar-refractivity contribution in [1.82, 2.24) is 15.3 Å². The van der Waals surface area contributed by atoms with Gasteiger partial charge in [-0.3, -0.25) is 9.78 Å².